The van der Waals surface area contributed by atoms with Crippen LogP contribution in [0.2, 0.25) is 0 Å². The molecule has 0 aromatic heterocycles. The molecule has 0 N–H and O–H groups in total. The third kappa shape index (κ3) is 3.64. The second kappa shape index (κ2) is 5.64. The molecule has 1 rings (SSSR count). The van der Waals surface area contributed by atoms with Crippen LogP contribution >= 0.6 is 0 Å². The fraction of sp³-hybridized carbons (Fsp3) is 0.417. The lowest BCUT2D eigenvalue weighted by Gasteiger charge is -2.23. The lowest BCUT2D eigenvalue weighted by molar-refractivity contribution is -0.386. The van der Waals surface area contributed by atoms with Gasteiger partial charge in [-0.15, -0.1) is 0 Å². The number of halogens is 1. The minimum Gasteiger partial charge on any atom is -0.469 e. The Labute approximate surface area is 109 Å². The van der Waals surface area contributed by atoms with E-state index in [0.29, 0.717) is 0 Å². The van der Waals surface area contributed by atoms with E-state index in [2.05, 4.69) is 0 Å². The fourth-order valence-corrected chi connectivity index (χ4v) is 1.34. The molecule has 1 aromatic rings. The summed E-state index contributed by atoms with van der Waals surface area (Å²) in [5.41, 5.74) is -1.95. The van der Waals surface area contributed by atoms with E-state index in [1.807, 2.05) is 0 Å². The zero-order valence-corrected chi connectivity index (χ0v) is 10.8. The highest BCUT2D eigenvalue weighted by Crippen LogP contribution is 2.30. The molecule has 19 heavy (non-hydrogen) atoms. The molecule has 0 aliphatic carbocycles. The predicted molar refractivity (Wildman–Crippen MR) is 64.4 cm³/mol. The van der Waals surface area contributed by atoms with Crippen LogP contribution in [0.15, 0.2) is 18.2 Å². The van der Waals surface area contributed by atoms with Gasteiger partial charge in [-0.2, -0.15) is 0 Å². The third-order valence-electron chi connectivity index (χ3n) is 2.25. The van der Waals surface area contributed by atoms with Crippen molar-refractivity contribution in [1.82, 2.24) is 0 Å². The number of carbonyl (C=O) groups is 1. The molecule has 0 aliphatic heterocycles. The van der Waals surface area contributed by atoms with Crippen LogP contribution in [-0.2, 0) is 9.53 Å². The number of nitrogens with zero attached hydrogens (tertiary/aromatic N) is 1. The van der Waals surface area contributed by atoms with Gasteiger partial charge in [0.25, 0.3) is 0 Å². The number of benzene rings is 1. The van der Waals surface area contributed by atoms with Crippen LogP contribution in [0.1, 0.15) is 20.8 Å². The maximum Gasteiger partial charge on any atom is 0.349 e. The quantitative estimate of drug-likeness (QED) is 0.467. The van der Waals surface area contributed by atoms with Gasteiger partial charge in [0, 0.05) is 0 Å². The van der Waals surface area contributed by atoms with Crippen molar-refractivity contribution in [1.29, 1.82) is 0 Å². The first-order valence-corrected chi connectivity index (χ1v) is 5.58. The van der Waals surface area contributed by atoms with Gasteiger partial charge < -0.3 is 9.47 Å². The van der Waals surface area contributed by atoms with Crippen LogP contribution < -0.4 is 4.74 Å². The van der Waals surface area contributed by atoms with Crippen LogP contribution in [0.4, 0.5) is 10.1 Å². The Kier molecular flexibility index (Phi) is 4.42. The number of hydrogen-bond acceptors (Lipinski definition) is 5. The van der Waals surface area contributed by atoms with Crippen LogP contribution in [0.5, 0.6) is 5.75 Å². The predicted octanol–water partition coefficient (Wildman–Crippen LogP) is 2.45. The van der Waals surface area contributed by atoms with E-state index in [1.165, 1.54) is 13.8 Å². The monoisotopic (exact) mass is 271 g/mol. The molecule has 6 nitrogen and oxygen atoms in total. The summed E-state index contributed by atoms with van der Waals surface area (Å²) in [4.78, 5) is 21.6. The van der Waals surface area contributed by atoms with E-state index < -0.39 is 28.0 Å². The summed E-state index contributed by atoms with van der Waals surface area (Å²) in [6.45, 7) is 4.63. The lowest BCUT2D eigenvalue weighted by Crippen LogP contribution is -2.39. The van der Waals surface area contributed by atoms with E-state index >= 15 is 0 Å². The summed E-state index contributed by atoms with van der Waals surface area (Å²) in [6.07, 6.45) is 0. The lowest BCUT2D eigenvalue weighted by atomic mass is 10.1. The van der Waals surface area contributed by atoms with Gasteiger partial charge in [-0.1, -0.05) is 0 Å². The van der Waals surface area contributed by atoms with E-state index in [0.717, 1.165) is 18.2 Å². The van der Waals surface area contributed by atoms with Crippen molar-refractivity contribution in [3.8, 4) is 5.75 Å². The summed E-state index contributed by atoms with van der Waals surface area (Å²) in [5.74, 6) is -1.61. The van der Waals surface area contributed by atoms with Crippen molar-refractivity contribution >= 4 is 11.7 Å². The van der Waals surface area contributed by atoms with Crippen molar-refractivity contribution < 1.29 is 23.6 Å². The number of ether oxygens (including phenoxy) is 2. The molecule has 1 aromatic carbocycles. The molecule has 0 spiro atoms. The Bertz CT molecular complexity index is 501. The first-order valence-electron chi connectivity index (χ1n) is 5.58. The van der Waals surface area contributed by atoms with Crippen molar-refractivity contribution in [3.63, 3.8) is 0 Å². The molecule has 0 saturated carbocycles. The molecule has 0 heterocycles. The highest BCUT2D eigenvalue weighted by atomic mass is 19.1. The van der Waals surface area contributed by atoms with E-state index in [9.17, 15) is 19.3 Å². The first kappa shape index (κ1) is 14.9. The van der Waals surface area contributed by atoms with Crippen molar-refractivity contribution in [2.24, 2.45) is 0 Å². The average molecular weight is 271 g/mol. The van der Waals surface area contributed by atoms with Gasteiger partial charge in [-0.25, -0.2) is 9.18 Å². The minimum atomic E-state index is -1.40. The average Bonchev–Trinajstić information content (AvgIpc) is 2.31. The largest absolute Gasteiger partial charge is 0.469 e. The van der Waals surface area contributed by atoms with Crippen LogP contribution in [0, 0.1) is 15.9 Å². The highest BCUT2D eigenvalue weighted by Gasteiger charge is 2.34. The number of carbonyl (C=O) groups excluding carboxylic acids is 1. The Morgan fingerprint density at radius 1 is 1.47 bits per heavy atom. The maximum absolute atomic E-state index is 13.0. The van der Waals surface area contributed by atoms with Gasteiger partial charge in [0.1, 0.15) is 5.82 Å². The molecule has 104 valence electrons. The van der Waals surface area contributed by atoms with E-state index in [1.54, 1.807) is 6.92 Å². The summed E-state index contributed by atoms with van der Waals surface area (Å²) in [6, 6.07) is 2.86. The molecule has 0 amide bonds. The normalized spacial score (nSPS) is 10.9. The van der Waals surface area contributed by atoms with Crippen LogP contribution in [-0.4, -0.2) is 23.1 Å². The molecule has 0 atom stereocenters. The zero-order valence-electron chi connectivity index (χ0n) is 10.8. The minimum absolute atomic E-state index is 0.164. The molecule has 7 heteroatoms. The number of nitro benzene ring substituents is 1. The van der Waals surface area contributed by atoms with Crippen molar-refractivity contribution in [3.05, 3.63) is 34.1 Å². The number of rotatable bonds is 5. The molecule has 0 unspecified atom stereocenters. The van der Waals surface area contributed by atoms with Crippen LogP contribution in [0.3, 0.4) is 0 Å². The maximum atomic E-state index is 13.0. The zero-order chi connectivity index (χ0) is 14.6. The van der Waals surface area contributed by atoms with Crippen LogP contribution in [0.25, 0.3) is 0 Å². The standard InChI is InChI=1S/C12H14FNO5/c1-4-18-11(15)12(2,3)19-10-6-5-8(13)7-9(10)14(16)17/h5-7H,4H2,1-3H3. The smallest absolute Gasteiger partial charge is 0.349 e. The molecular weight excluding hydrogens is 257 g/mol. The van der Waals surface area contributed by atoms with E-state index in [4.69, 9.17) is 9.47 Å². The highest BCUT2D eigenvalue weighted by molar-refractivity contribution is 5.79. The second-order valence-corrected chi connectivity index (χ2v) is 4.20. The Balaban J connectivity index is 3.05. The molecular formula is C12H14FNO5. The summed E-state index contributed by atoms with van der Waals surface area (Å²) in [5, 5.41) is 10.8. The molecule has 0 aliphatic rings. The molecule has 0 saturated heterocycles. The molecule has 0 bridgehead atoms. The summed E-state index contributed by atoms with van der Waals surface area (Å²) >= 11 is 0. The Hall–Kier alpha value is -2.18. The third-order valence-corrected chi connectivity index (χ3v) is 2.25. The fourth-order valence-electron chi connectivity index (χ4n) is 1.34. The second-order valence-electron chi connectivity index (χ2n) is 4.20. The number of hydrogen-bond donors (Lipinski definition) is 0. The first-order chi connectivity index (χ1) is 8.77. The van der Waals surface area contributed by atoms with Gasteiger partial charge in [-0.05, 0) is 32.9 Å². The van der Waals surface area contributed by atoms with Crippen molar-refractivity contribution in [2.75, 3.05) is 6.61 Å². The number of nitro groups is 1. The topological polar surface area (TPSA) is 78.7 Å². The molecule has 0 fully saturated rings. The SMILES string of the molecule is CCOC(=O)C(C)(C)Oc1ccc(F)cc1[N+](=O)[O-]. The molecule has 0 radical (unpaired) electrons. The number of esters is 1. The summed E-state index contributed by atoms with van der Waals surface area (Å²) < 4.78 is 23.0. The Morgan fingerprint density at radius 2 is 2.11 bits per heavy atom. The van der Waals surface area contributed by atoms with Gasteiger partial charge in [0.05, 0.1) is 17.6 Å². The van der Waals surface area contributed by atoms with E-state index in [-0.39, 0.29) is 12.4 Å². The summed E-state index contributed by atoms with van der Waals surface area (Å²) in [7, 11) is 0. The Morgan fingerprint density at radius 3 is 2.63 bits per heavy atom. The van der Waals surface area contributed by atoms with Gasteiger partial charge in [-0.3, -0.25) is 10.1 Å². The van der Waals surface area contributed by atoms with Gasteiger partial charge >= 0.3 is 11.7 Å². The van der Waals surface area contributed by atoms with Crippen molar-refractivity contribution in [2.45, 2.75) is 26.4 Å². The van der Waals surface area contributed by atoms with Gasteiger partial charge in [0.15, 0.2) is 5.75 Å². The van der Waals surface area contributed by atoms with Gasteiger partial charge in [0.2, 0.25) is 5.60 Å².